The molecule has 0 aromatic rings. The molecule has 1 heterocycles. The molecule has 0 spiro atoms. The van der Waals surface area contributed by atoms with Gasteiger partial charge in [0.05, 0.1) is 13.0 Å². The van der Waals surface area contributed by atoms with Crippen molar-refractivity contribution in [1.82, 2.24) is 15.5 Å². The number of rotatable bonds is 5. The fourth-order valence-corrected chi connectivity index (χ4v) is 2.10. The smallest absolute Gasteiger partial charge is 0.305 e. The van der Waals surface area contributed by atoms with Crippen molar-refractivity contribution in [3.8, 4) is 0 Å². The van der Waals surface area contributed by atoms with Crippen molar-refractivity contribution in [2.24, 2.45) is 0 Å². The molecule has 0 radical (unpaired) electrons. The number of amides is 1. The Morgan fingerprint density at radius 3 is 2.72 bits per heavy atom. The van der Waals surface area contributed by atoms with Gasteiger partial charge in [0.1, 0.15) is 0 Å². The molecule has 6 heteroatoms. The monoisotopic (exact) mass is 257 g/mol. The molecule has 0 bridgehead atoms. The number of carboxylic acid groups (broad SMARTS) is 1. The molecule has 1 aliphatic heterocycles. The van der Waals surface area contributed by atoms with Gasteiger partial charge in [-0.3, -0.25) is 14.5 Å². The average Bonchev–Trinajstić information content (AvgIpc) is 2.42. The summed E-state index contributed by atoms with van der Waals surface area (Å²) in [6, 6.07) is 0. The first-order valence-electron chi connectivity index (χ1n) is 6.35. The SMILES string of the molecule is CC(C)(CC(=O)O)NC(=O)CN1CCCNCC1. The molecule has 0 aliphatic carbocycles. The Morgan fingerprint density at radius 2 is 2.06 bits per heavy atom. The van der Waals surface area contributed by atoms with E-state index in [9.17, 15) is 9.59 Å². The maximum atomic E-state index is 11.9. The largest absolute Gasteiger partial charge is 0.481 e. The summed E-state index contributed by atoms with van der Waals surface area (Å²) in [6.45, 7) is 7.43. The Bertz CT molecular complexity index is 297. The summed E-state index contributed by atoms with van der Waals surface area (Å²) < 4.78 is 0. The predicted octanol–water partition coefficient (Wildman–Crippen LogP) is -0.349. The second-order valence-corrected chi connectivity index (χ2v) is 5.38. The Balaban J connectivity index is 2.37. The van der Waals surface area contributed by atoms with E-state index < -0.39 is 11.5 Å². The summed E-state index contributed by atoms with van der Waals surface area (Å²) in [6.07, 6.45) is 0.964. The summed E-state index contributed by atoms with van der Waals surface area (Å²) in [5.41, 5.74) is -0.701. The van der Waals surface area contributed by atoms with Crippen molar-refractivity contribution in [2.45, 2.75) is 32.2 Å². The lowest BCUT2D eigenvalue weighted by Gasteiger charge is -2.26. The Morgan fingerprint density at radius 1 is 1.33 bits per heavy atom. The van der Waals surface area contributed by atoms with E-state index in [1.54, 1.807) is 13.8 Å². The fourth-order valence-electron chi connectivity index (χ4n) is 2.10. The number of nitrogens with one attached hydrogen (secondary N) is 2. The molecule has 0 saturated carbocycles. The minimum Gasteiger partial charge on any atom is -0.481 e. The number of hydrogen-bond acceptors (Lipinski definition) is 4. The first-order chi connectivity index (χ1) is 8.39. The number of nitrogens with zero attached hydrogens (tertiary/aromatic N) is 1. The zero-order valence-electron chi connectivity index (χ0n) is 11.2. The quantitative estimate of drug-likeness (QED) is 0.627. The molecular formula is C12H23N3O3. The van der Waals surface area contributed by atoms with Crippen LogP contribution in [0.3, 0.4) is 0 Å². The maximum Gasteiger partial charge on any atom is 0.305 e. The van der Waals surface area contributed by atoms with E-state index in [1.807, 2.05) is 0 Å². The van der Waals surface area contributed by atoms with Gasteiger partial charge in [-0.15, -0.1) is 0 Å². The molecule has 104 valence electrons. The molecule has 1 aliphatic rings. The molecule has 0 aromatic carbocycles. The van der Waals surface area contributed by atoms with Crippen molar-refractivity contribution < 1.29 is 14.7 Å². The van der Waals surface area contributed by atoms with Crippen molar-refractivity contribution in [3.05, 3.63) is 0 Å². The molecule has 1 saturated heterocycles. The van der Waals surface area contributed by atoms with Crippen LogP contribution in [-0.2, 0) is 9.59 Å². The lowest BCUT2D eigenvalue weighted by atomic mass is 10.0. The molecule has 1 amide bonds. The van der Waals surface area contributed by atoms with Gasteiger partial charge in [0.15, 0.2) is 0 Å². The van der Waals surface area contributed by atoms with Crippen LogP contribution in [-0.4, -0.2) is 60.1 Å². The van der Waals surface area contributed by atoms with E-state index in [-0.39, 0.29) is 12.3 Å². The third kappa shape index (κ3) is 5.97. The van der Waals surface area contributed by atoms with Crippen LogP contribution in [0, 0.1) is 0 Å². The topological polar surface area (TPSA) is 81.7 Å². The van der Waals surface area contributed by atoms with Crippen LogP contribution in [0.15, 0.2) is 0 Å². The summed E-state index contributed by atoms with van der Waals surface area (Å²) >= 11 is 0. The Hall–Kier alpha value is -1.14. The molecule has 0 unspecified atom stereocenters. The van der Waals surface area contributed by atoms with Gasteiger partial charge >= 0.3 is 5.97 Å². The maximum absolute atomic E-state index is 11.9. The van der Waals surface area contributed by atoms with Crippen molar-refractivity contribution in [3.63, 3.8) is 0 Å². The third-order valence-corrected chi connectivity index (χ3v) is 2.87. The van der Waals surface area contributed by atoms with Crippen molar-refractivity contribution in [2.75, 3.05) is 32.7 Å². The van der Waals surface area contributed by atoms with Gasteiger partial charge in [-0.2, -0.15) is 0 Å². The van der Waals surface area contributed by atoms with Gasteiger partial charge in [-0.25, -0.2) is 0 Å². The molecule has 0 aromatic heterocycles. The molecule has 3 N–H and O–H groups in total. The molecule has 1 fully saturated rings. The number of carboxylic acids is 1. The third-order valence-electron chi connectivity index (χ3n) is 2.87. The van der Waals surface area contributed by atoms with Crippen LogP contribution in [0.1, 0.15) is 26.7 Å². The van der Waals surface area contributed by atoms with Gasteiger partial charge < -0.3 is 15.7 Å². The normalized spacial score (nSPS) is 18.1. The van der Waals surface area contributed by atoms with E-state index >= 15 is 0 Å². The van der Waals surface area contributed by atoms with Gasteiger partial charge in [-0.05, 0) is 33.4 Å². The fraction of sp³-hybridized carbons (Fsp3) is 0.833. The van der Waals surface area contributed by atoms with E-state index in [1.165, 1.54) is 0 Å². The standard InChI is InChI=1S/C12H23N3O3/c1-12(2,8-11(17)18)14-10(16)9-15-6-3-4-13-5-7-15/h13H,3-9H2,1-2H3,(H,14,16)(H,17,18). The van der Waals surface area contributed by atoms with E-state index in [4.69, 9.17) is 5.11 Å². The summed E-state index contributed by atoms with van der Waals surface area (Å²) in [4.78, 5) is 24.6. The van der Waals surface area contributed by atoms with Gasteiger partial charge in [0.2, 0.25) is 5.91 Å². The number of carbonyl (C=O) groups is 2. The minimum atomic E-state index is -0.903. The highest BCUT2D eigenvalue weighted by Crippen LogP contribution is 2.08. The summed E-state index contributed by atoms with van der Waals surface area (Å²) in [5, 5.41) is 14.8. The second kappa shape index (κ2) is 6.70. The number of aliphatic carboxylic acids is 1. The van der Waals surface area contributed by atoms with Gasteiger partial charge in [0.25, 0.3) is 0 Å². The lowest BCUT2D eigenvalue weighted by Crippen LogP contribution is -2.49. The first kappa shape index (κ1) is 14.9. The van der Waals surface area contributed by atoms with Gasteiger partial charge in [0, 0.05) is 18.6 Å². The summed E-state index contributed by atoms with van der Waals surface area (Å²) in [5.74, 6) is -1.01. The molecule has 1 rings (SSSR count). The second-order valence-electron chi connectivity index (χ2n) is 5.38. The van der Waals surface area contributed by atoms with E-state index in [0.29, 0.717) is 6.54 Å². The minimum absolute atomic E-state index is 0.0692. The first-order valence-corrected chi connectivity index (χ1v) is 6.35. The summed E-state index contributed by atoms with van der Waals surface area (Å²) in [7, 11) is 0. The Kier molecular flexibility index (Phi) is 5.55. The van der Waals surface area contributed by atoms with Crippen molar-refractivity contribution in [1.29, 1.82) is 0 Å². The van der Waals surface area contributed by atoms with E-state index in [0.717, 1.165) is 32.6 Å². The lowest BCUT2D eigenvalue weighted by molar-refractivity contribution is -0.138. The van der Waals surface area contributed by atoms with Crippen LogP contribution in [0.2, 0.25) is 0 Å². The van der Waals surface area contributed by atoms with E-state index in [2.05, 4.69) is 15.5 Å². The van der Waals surface area contributed by atoms with Crippen LogP contribution in [0.5, 0.6) is 0 Å². The zero-order chi connectivity index (χ0) is 13.6. The molecule has 18 heavy (non-hydrogen) atoms. The van der Waals surface area contributed by atoms with Crippen LogP contribution in [0.25, 0.3) is 0 Å². The molecule has 0 atom stereocenters. The van der Waals surface area contributed by atoms with Crippen LogP contribution in [0.4, 0.5) is 0 Å². The zero-order valence-corrected chi connectivity index (χ0v) is 11.2. The van der Waals surface area contributed by atoms with Gasteiger partial charge in [-0.1, -0.05) is 0 Å². The number of carbonyl (C=O) groups excluding carboxylic acids is 1. The van der Waals surface area contributed by atoms with Crippen molar-refractivity contribution >= 4 is 11.9 Å². The number of hydrogen-bond donors (Lipinski definition) is 3. The Labute approximate surface area is 108 Å². The van der Waals surface area contributed by atoms with Crippen LogP contribution >= 0.6 is 0 Å². The van der Waals surface area contributed by atoms with Crippen LogP contribution < -0.4 is 10.6 Å². The molecular weight excluding hydrogens is 234 g/mol. The predicted molar refractivity (Wildman–Crippen MR) is 68.4 cm³/mol. The highest BCUT2D eigenvalue weighted by molar-refractivity contribution is 5.80. The highest BCUT2D eigenvalue weighted by Gasteiger charge is 2.24. The molecule has 6 nitrogen and oxygen atoms in total. The average molecular weight is 257 g/mol. The highest BCUT2D eigenvalue weighted by atomic mass is 16.4.